The van der Waals surface area contributed by atoms with Crippen molar-refractivity contribution in [3.63, 3.8) is 0 Å². The summed E-state index contributed by atoms with van der Waals surface area (Å²) >= 11 is 0. The van der Waals surface area contributed by atoms with Crippen LogP contribution >= 0.6 is 0 Å². The second-order valence-electron chi connectivity index (χ2n) is 15.1. The SMILES string of the molecule is CC1(C)C[C@@H]2C(=Cc3ccc(C(=O)O[C@@H]4CC(C(=O)N5CCC[C@@H]5C(=O)NCCO)=C[C@H]5OCO[C@H]54)cc3)CCC3O[C@]3(C)CC[C@H]21. The predicted molar refractivity (Wildman–Crippen MR) is 173 cm³/mol. The van der Waals surface area contributed by atoms with Gasteiger partial charge >= 0.3 is 5.97 Å². The molecule has 3 saturated heterocycles. The monoisotopic (exact) mass is 648 g/mol. The first kappa shape index (κ1) is 32.5. The van der Waals surface area contributed by atoms with Crippen LogP contribution in [0.2, 0.25) is 0 Å². The molecule has 0 spiro atoms. The van der Waals surface area contributed by atoms with Gasteiger partial charge in [-0.15, -0.1) is 0 Å². The van der Waals surface area contributed by atoms with Crippen LogP contribution in [0.3, 0.4) is 0 Å². The fourth-order valence-electron chi connectivity index (χ4n) is 8.82. The topological polar surface area (TPSA) is 127 Å². The van der Waals surface area contributed by atoms with Crippen molar-refractivity contribution in [2.45, 2.75) is 108 Å². The smallest absolute Gasteiger partial charge is 0.338 e. The lowest BCUT2D eigenvalue weighted by Gasteiger charge is -2.53. The van der Waals surface area contributed by atoms with Crippen LogP contribution in [0.4, 0.5) is 0 Å². The van der Waals surface area contributed by atoms with Crippen LogP contribution < -0.4 is 5.32 Å². The molecule has 2 amide bonds. The molecular formula is C37H48N2O8. The van der Waals surface area contributed by atoms with E-state index in [0.717, 1.165) is 24.8 Å². The van der Waals surface area contributed by atoms with Gasteiger partial charge in [-0.2, -0.15) is 0 Å². The first-order chi connectivity index (χ1) is 22.6. The molecule has 1 unspecified atom stereocenters. The molecule has 7 rings (SSSR count). The van der Waals surface area contributed by atoms with Crippen molar-refractivity contribution in [3.05, 3.63) is 52.6 Å². The molecule has 3 heterocycles. The Labute approximate surface area is 276 Å². The minimum atomic E-state index is -0.710. The lowest BCUT2D eigenvalue weighted by molar-refractivity contribution is -0.136. The van der Waals surface area contributed by atoms with Crippen molar-refractivity contribution in [2.24, 2.45) is 17.3 Å². The average molecular weight is 649 g/mol. The van der Waals surface area contributed by atoms with Gasteiger partial charge in [-0.1, -0.05) is 37.6 Å². The third-order valence-electron chi connectivity index (χ3n) is 11.7. The molecule has 1 aromatic carbocycles. The Bertz CT molecular complexity index is 1450. The summed E-state index contributed by atoms with van der Waals surface area (Å²) in [6.45, 7) is 7.54. The molecule has 254 valence electrons. The maximum Gasteiger partial charge on any atom is 0.338 e. The van der Waals surface area contributed by atoms with E-state index in [0.29, 0.717) is 53.9 Å². The number of hydrogen-bond acceptors (Lipinski definition) is 8. The molecule has 47 heavy (non-hydrogen) atoms. The zero-order chi connectivity index (χ0) is 32.9. The number of allylic oxidation sites excluding steroid dienone is 1. The number of fused-ring (bicyclic) bond motifs is 3. The molecule has 8 atom stereocenters. The Kier molecular flexibility index (Phi) is 8.83. The third kappa shape index (κ3) is 6.42. The number of amides is 2. The van der Waals surface area contributed by atoms with Crippen molar-refractivity contribution in [2.75, 3.05) is 26.5 Å². The van der Waals surface area contributed by atoms with Crippen LogP contribution in [0.15, 0.2) is 41.5 Å². The lowest BCUT2D eigenvalue weighted by Crippen LogP contribution is -2.49. The van der Waals surface area contributed by atoms with E-state index < -0.39 is 30.3 Å². The zero-order valence-electron chi connectivity index (χ0n) is 27.7. The third-order valence-corrected chi connectivity index (χ3v) is 11.7. The molecule has 2 saturated carbocycles. The number of esters is 1. The standard InChI is InChI=1S/C37H48N2O8/c1-36(2)20-26-24(10-11-31-37(3,47-31)13-12-27(26)36)17-22-6-8-23(9-7-22)35(43)46-30-19-25(18-29-32(30)45-21-44-29)34(42)39-15-4-5-28(39)33(41)38-14-16-40/h6-9,17-18,26-32,40H,4-5,10-16,19-21H2,1-3H3,(H,38,41)/t26-,27-,28-,29-,30-,31?,32-,37-/m1/s1. The number of nitrogens with zero attached hydrogens (tertiary/aromatic N) is 1. The summed E-state index contributed by atoms with van der Waals surface area (Å²) < 4.78 is 23.6. The molecule has 2 N–H and O–H groups in total. The summed E-state index contributed by atoms with van der Waals surface area (Å²) in [7, 11) is 0. The van der Waals surface area contributed by atoms with Crippen LogP contribution in [0.5, 0.6) is 0 Å². The minimum absolute atomic E-state index is 0.0474. The van der Waals surface area contributed by atoms with E-state index in [1.165, 1.54) is 18.4 Å². The largest absolute Gasteiger partial charge is 0.456 e. The number of epoxide rings is 1. The highest BCUT2D eigenvalue weighted by Crippen LogP contribution is 2.59. The highest BCUT2D eigenvalue weighted by molar-refractivity contribution is 5.98. The summed E-state index contributed by atoms with van der Waals surface area (Å²) in [4.78, 5) is 41.3. The number of nitrogens with one attached hydrogen (secondary N) is 1. The number of rotatable bonds is 7. The van der Waals surface area contributed by atoms with Crippen LogP contribution in [0.25, 0.3) is 6.08 Å². The minimum Gasteiger partial charge on any atom is -0.456 e. The number of carbonyl (C=O) groups is 3. The Hall–Kier alpha value is -3.05. The highest BCUT2D eigenvalue weighted by Gasteiger charge is 2.56. The Morgan fingerprint density at radius 3 is 2.68 bits per heavy atom. The zero-order valence-corrected chi connectivity index (χ0v) is 27.7. The number of ether oxygens (including phenoxy) is 4. The van der Waals surface area contributed by atoms with Gasteiger partial charge in [0.05, 0.1) is 23.9 Å². The number of hydrogen-bond donors (Lipinski definition) is 2. The molecule has 0 aromatic heterocycles. The highest BCUT2D eigenvalue weighted by atomic mass is 16.7. The normalized spacial score (nSPS) is 36.4. The molecule has 3 aliphatic carbocycles. The van der Waals surface area contributed by atoms with Gasteiger partial charge in [0, 0.05) is 25.1 Å². The van der Waals surface area contributed by atoms with E-state index in [9.17, 15) is 14.4 Å². The summed E-state index contributed by atoms with van der Waals surface area (Å²) in [6, 6.07) is 6.98. The van der Waals surface area contributed by atoms with Gasteiger partial charge in [-0.3, -0.25) is 9.59 Å². The van der Waals surface area contributed by atoms with Gasteiger partial charge in [0.25, 0.3) is 0 Å². The number of aliphatic hydroxyl groups is 1. The van der Waals surface area contributed by atoms with Crippen LogP contribution in [0.1, 0.15) is 88.1 Å². The molecule has 10 heteroatoms. The molecule has 5 fully saturated rings. The van der Waals surface area contributed by atoms with E-state index in [1.807, 2.05) is 12.1 Å². The first-order valence-corrected chi connectivity index (χ1v) is 17.4. The van der Waals surface area contributed by atoms with Gasteiger partial charge in [-0.05, 0) is 92.9 Å². The summed E-state index contributed by atoms with van der Waals surface area (Å²) in [6.07, 6.45) is 9.75. The molecule has 6 aliphatic rings. The fourth-order valence-corrected chi connectivity index (χ4v) is 8.82. The molecular weight excluding hydrogens is 600 g/mol. The fraction of sp³-hybridized carbons (Fsp3) is 0.649. The van der Waals surface area contributed by atoms with E-state index >= 15 is 0 Å². The van der Waals surface area contributed by atoms with Gasteiger partial charge in [0.15, 0.2) is 0 Å². The molecule has 0 bridgehead atoms. The maximum atomic E-state index is 13.6. The number of carbonyl (C=O) groups excluding carboxylic acids is 3. The predicted octanol–water partition coefficient (Wildman–Crippen LogP) is 4.16. The summed E-state index contributed by atoms with van der Waals surface area (Å²) in [5.41, 5.74) is 3.85. The lowest BCUT2D eigenvalue weighted by atomic mass is 9.52. The van der Waals surface area contributed by atoms with Gasteiger partial charge < -0.3 is 34.3 Å². The number of likely N-dealkylation sites (tertiary alicyclic amines) is 1. The van der Waals surface area contributed by atoms with Crippen molar-refractivity contribution in [1.29, 1.82) is 0 Å². The molecule has 1 aromatic rings. The second-order valence-corrected chi connectivity index (χ2v) is 15.1. The van der Waals surface area contributed by atoms with Gasteiger partial charge in [0.1, 0.15) is 31.1 Å². The van der Waals surface area contributed by atoms with Gasteiger partial charge in [0.2, 0.25) is 11.8 Å². The van der Waals surface area contributed by atoms with E-state index in [2.05, 4.69) is 32.2 Å². The average Bonchev–Trinajstić information content (AvgIpc) is 3.41. The van der Waals surface area contributed by atoms with Crippen molar-refractivity contribution >= 4 is 23.9 Å². The van der Waals surface area contributed by atoms with Crippen LogP contribution in [0, 0.1) is 17.3 Å². The van der Waals surface area contributed by atoms with Crippen LogP contribution in [-0.4, -0.2) is 90.3 Å². The molecule has 10 nitrogen and oxygen atoms in total. The summed E-state index contributed by atoms with van der Waals surface area (Å²) in [5, 5.41) is 11.8. The Morgan fingerprint density at radius 1 is 1.11 bits per heavy atom. The summed E-state index contributed by atoms with van der Waals surface area (Å²) in [5.74, 6) is 0.240. The van der Waals surface area contributed by atoms with Gasteiger partial charge in [-0.25, -0.2) is 4.79 Å². The quantitative estimate of drug-likeness (QED) is 0.334. The van der Waals surface area contributed by atoms with E-state index in [4.69, 9.17) is 24.1 Å². The van der Waals surface area contributed by atoms with Crippen molar-refractivity contribution in [3.8, 4) is 0 Å². The maximum absolute atomic E-state index is 13.6. The van der Waals surface area contributed by atoms with Crippen LogP contribution in [-0.2, 0) is 28.5 Å². The Morgan fingerprint density at radius 2 is 1.91 bits per heavy atom. The number of aliphatic hydroxyl groups excluding tert-OH is 1. The van der Waals surface area contributed by atoms with E-state index in [-0.39, 0.29) is 43.8 Å². The Balaban J connectivity index is 1.02. The molecule has 3 aliphatic heterocycles. The molecule has 0 radical (unpaired) electrons. The van der Waals surface area contributed by atoms with Crippen molar-refractivity contribution < 1.29 is 38.4 Å². The van der Waals surface area contributed by atoms with Crippen molar-refractivity contribution in [1.82, 2.24) is 10.2 Å². The van der Waals surface area contributed by atoms with E-state index in [1.54, 1.807) is 23.1 Å². The number of benzene rings is 1. The second kappa shape index (κ2) is 12.8. The first-order valence-electron chi connectivity index (χ1n) is 17.4.